The van der Waals surface area contributed by atoms with Crippen molar-refractivity contribution in [3.8, 4) is 0 Å². The zero-order chi connectivity index (χ0) is 14.1. The van der Waals surface area contributed by atoms with Gasteiger partial charge in [0.1, 0.15) is 0 Å². The molecule has 2 fully saturated rings. The second-order valence-corrected chi connectivity index (χ2v) is 6.58. The number of rotatable bonds is 4. The lowest BCUT2D eigenvalue weighted by atomic mass is 10.1. The highest BCUT2D eigenvalue weighted by atomic mass is 35.5. The summed E-state index contributed by atoms with van der Waals surface area (Å²) in [6, 6.07) is 6.91. The molecule has 0 radical (unpaired) electrons. The predicted molar refractivity (Wildman–Crippen MR) is 83.5 cm³/mol. The van der Waals surface area contributed by atoms with Crippen LogP contribution in [0.4, 0.5) is 5.69 Å². The zero-order valence-electron chi connectivity index (χ0n) is 12.2. The first-order valence-corrected chi connectivity index (χ1v) is 7.92. The van der Waals surface area contributed by atoms with E-state index in [9.17, 15) is 0 Å². The van der Waals surface area contributed by atoms with E-state index < -0.39 is 0 Å². The van der Waals surface area contributed by atoms with Gasteiger partial charge in [0.25, 0.3) is 0 Å². The van der Waals surface area contributed by atoms with Crippen molar-refractivity contribution >= 4 is 17.3 Å². The standard InChI is InChI=1S/C16H23ClN2O/c1-11(2)18-8-12-3-4-13(7-16(12)17)19-9-14-5-6-15(10-19)20-14/h3-4,7,11,14-15,18H,5-6,8-10H2,1-2H3. The summed E-state index contributed by atoms with van der Waals surface area (Å²) < 4.78 is 5.88. The second-order valence-electron chi connectivity index (χ2n) is 6.17. The Morgan fingerprint density at radius 2 is 2.00 bits per heavy atom. The van der Waals surface area contributed by atoms with Crippen LogP contribution in [0.1, 0.15) is 32.3 Å². The van der Waals surface area contributed by atoms with Crippen LogP contribution in [-0.4, -0.2) is 31.3 Å². The molecule has 3 rings (SSSR count). The van der Waals surface area contributed by atoms with Crippen molar-refractivity contribution in [3.63, 3.8) is 0 Å². The third kappa shape index (κ3) is 3.11. The molecule has 2 heterocycles. The molecular weight excluding hydrogens is 272 g/mol. The molecule has 0 amide bonds. The smallest absolute Gasteiger partial charge is 0.0755 e. The Morgan fingerprint density at radius 1 is 1.30 bits per heavy atom. The quantitative estimate of drug-likeness (QED) is 0.923. The summed E-state index contributed by atoms with van der Waals surface area (Å²) in [5.41, 5.74) is 2.39. The lowest BCUT2D eigenvalue weighted by Gasteiger charge is -2.34. The maximum absolute atomic E-state index is 6.42. The molecule has 2 unspecified atom stereocenters. The summed E-state index contributed by atoms with van der Waals surface area (Å²) in [7, 11) is 0. The van der Waals surface area contributed by atoms with Crippen molar-refractivity contribution in [2.24, 2.45) is 0 Å². The summed E-state index contributed by atoms with van der Waals surface area (Å²) in [6.45, 7) is 7.11. The molecule has 1 aromatic carbocycles. The largest absolute Gasteiger partial charge is 0.371 e. The number of nitrogens with zero attached hydrogens (tertiary/aromatic N) is 1. The van der Waals surface area contributed by atoms with E-state index in [2.05, 4.69) is 42.3 Å². The molecule has 2 saturated heterocycles. The first-order chi connectivity index (χ1) is 9.61. The number of hydrogen-bond acceptors (Lipinski definition) is 3. The van der Waals surface area contributed by atoms with E-state index in [1.54, 1.807) is 0 Å². The number of benzene rings is 1. The molecule has 4 heteroatoms. The fourth-order valence-corrected chi connectivity index (χ4v) is 3.26. The lowest BCUT2D eigenvalue weighted by Crippen LogP contribution is -2.42. The van der Waals surface area contributed by atoms with Crippen molar-refractivity contribution in [1.29, 1.82) is 0 Å². The van der Waals surface area contributed by atoms with Crippen LogP contribution >= 0.6 is 11.6 Å². The van der Waals surface area contributed by atoms with Gasteiger partial charge in [-0.15, -0.1) is 0 Å². The minimum atomic E-state index is 0.412. The molecule has 110 valence electrons. The molecule has 2 bridgehead atoms. The molecule has 2 aliphatic heterocycles. The molecule has 20 heavy (non-hydrogen) atoms. The van der Waals surface area contributed by atoms with E-state index in [0.717, 1.165) is 24.7 Å². The third-order valence-electron chi connectivity index (χ3n) is 4.15. The highest BCUT2D eigenvalue weighted by Gasteiger charge is 2.33. The SMILES string of the molecule is CC(C)NCc1ccc(N2CC3CCC(C2)O3)cc1Cl. The minimum absolute atomic E-state index is 0.412. The highest BCUT2D eigenvalue weighted by molar-refractivity contribution is 6.31. The first kappa shape index (κ1) is 14.2. The number of ether oxygens (including phenoxy) is 1. The van der Waals surface area contributed by atoms with Gasteiger partial charge >= 0.3 is 0 Å². The summed E-state index contributed by atoms with van der Waals surface area (Å²) >= 11 is 6.42. The molecule has 0 aromatic heterocycles. The Kier molecular flexibility index (Phi) is 4.20. The Bertz CT molecular complexity index is 466. The molecule has 1 aromatic rings. The van der Waals surface area contributed by atoms with Gasteiger partial charge in [0.05, 0.1) is 12.2 Å². The fraction of sp³-hybridized carbons (Fsp3) is 0.625. The molecule has 0 spiro atoms. The fourth-order valence-electron chi connectivity index (χ4n) is 3.02. The number of anilines is 1. The van der Waals surface area contributed by atoms with Crippen LogP contribution in [0.2, 0.25) is 5.02 Å². The molecule has 0 saturated carbocycles. The van der Waals surface area contributed by atoms with Crippen molar-refractivity contribution in [1.82, 2.24) is 5.32 Å². The molecule has 2 atom stereocenters. The summed E-state index contributed by atoms with van der Waals surface area (Å²) in [6.07, 6.45) is 3.22. The Labute approximate surface area is 126 Å². The van der Waals surface area contributed by atoms with E-state index >= 15 is 0 Å². The van der Waals surface area contributed by atoms with Crippen molar-refractivity contribution in [3.05, 3.63) is 28.8 Å². The van der Waals surface area contributed by atoms with Crippen molar-refractivity contribution in [2.45, 2.75) is 51.5 Å². The van der Waals surface area contributed by atoms with Gasteiger partial charge in [-0.25, -0.2) is 0 Å². The summed E-state index contributed by atoms with van der Waals surface area (Å²) in [5, 5.41) is 4.26. The molecule has 1 N–H and O–H groups in total. The van der Waals surface area contributed by atoms with E-state index in [4.69, 9.17) is 16.3 Å². The monoisotopic (exact) mass is 294 g/mol. The second kappa shape index (κ2) is 5.92. The van der Waals surface area contributed by atoms with Gasteiger partial charge < -0.3 is 15.0 Å². The van der Waals surface area contributed by atoms with Crippen LogP contribution in [0.25, 0.3) is 0 Å². The van der Waals surface area contributed by atoms with E-state index in [0.29, 0.717) is 18.2 Å². The average molecular weight is 295 g/mol. The Morgan fingerprint density at radius 3 is 2.60 bits per heavy atom. The Hall–Kier alpha value is -0.770. The van der Waals surface area contributed by atoms with Crippen molar-refractivity contribution < 1.29 is 4.74 Å². The third-order valence-corrected chi connectivity index (χ3v) is 4.50. The predicted octanol–water partition coefficient (Wildman–Crippen LogP) is 3.21. The van der Waals surface area contributed by atoms with Gasteiger partial charge in [-0.2, -0.15) is 0 Å². The number of nitrogens with one attached hydrogen (secondary N) is 1. The molecular formula is C16H23ClN2O. The number of halogens is 1. The van der Waals surface area contributed by atoms with Crippen LogP contribution in [0, 0.1) is 0 Å². The van der Waals surface area contributed by atoms with Gasteiger partial charge in [-0.3, -0.25) is 0 Å². The molecule has 2 aliphatic rings. The molecule has 0 aliphatic carbocycles. The van der Waals surface area contributed by atoms with Crippen molar-refractivity contribution in [2.75, 3.05) is 18.0 Å². The normalized spacial score (nSPS) is 25.5. The number of morpholine rings is 1. The van der Waals surface area contributed by atoms with Gasteiger partial charge in [-0.05, 0) is 30.5 Å². The summed E-state index contributed by atoms with van der Waals surface area (Å²) in [5.74, 6) is 0. The first-order valence-electron chi connectivity index (χ1n) is 7.54. The highest BCUT2D eigenvalue weighted by Crippen LogP contribution is 2.31. The van der Waals surface area contributed by atoms with E-state index in [1.807, 2.05) is 0 Å². The van der Waals surface area contributed by atoms with Gasteiger partial charge in [0.2, 0.25) is 0 Å². The van der Waals surface area contributed by atoms with Crippen LogP contribution in [-0.2, 0) is 11.3 Å². The van der Waals surface area contributed by atoms with Crippen LogP contribution in [0.5, 0.6) is 0 Å². The van der Waals surface area contributed by atoms with Gasteiger partial charge in [-0.1, -0.05) is 31.5 Å². The molecule has 3 nitrogen and oxygen atoms in total. The average Bonchev–Trinajstić information content (AvgIpc) is 2.76. The van der Waals surface area contributed by atoms with Gasteiger partial charge in [0, 0.05) is 36.4 Å². The van der Waals surface area contributed by atoms with Crippen LogP contribution < -0.4 is 10.2 Å². The van der Waals surface area contributed by atoms with Gasteiger partial charge in [0.15, 0.2) is 0 Å². The van der Waals surface area contributed by atoms with E-state index in [-0.39, 0.29) is 0 Å². The minimum Gasteiger partial charge on any atom is -0.371 e. The van der Waals surface area contributed by atoms with Crippen LogP contribution in [0.15, 0.2) is 18.2 Å². The lowest BCUT2D eigenvalue weighted by molar-refractivity contribution is 0.0305. The maximum Gasteiger partial charge on any atom is 0.0755 e. The van der Waals surface area contributed by atoms with E-state index in [1.165, 1.54) is 24.1 Å². The zero-order valence-corrected chi connectivity index (χ0v) is 13.0. The topological polar surface area (TPSA) is 24.5 Å². The number of fused-ring (bicyclic) bond motifs is 2. The Balaban J connectivity index is 1.70. The number of hydrogen-bond donors (Lipinski definition) is 1. The summed E-state index contributed by atoms with van der Waals surface area (Å²) in [4.78, 5) is 2.41. The van der Waals surface area contributed by atoms with Crippen LogP contribution in [0.3, 0.4) is 0 Å². The maximum atomic E-state index is 6.42.